The van der Waals surface area contributed by atoms with E-state index in [1.54, 1.807) is 36.6 Å². The number of fused-ring (bicyclic) bond motifs is 1. The monoisotopic (exact) mass is 515 g/mol. The minimum atomic E-state index is -0.893. The summed E-state index contributed by atoms with van der Waals surface area (Å²) in [5.41, 5.74) is 0.294. The van der Waals surface area contributed by atoms with E-state index >= 15 is 0 Å². The van der Waals surface area contributed by atoms with Crippen molar-refractivity contribution < 1.29 is 9.59 Å². The Morgan fingerprint density at radius 1 is 1.18 bits per heavy atom. The molecule has 1 spiro atoms. The highest BCUT2D eigenvalue weighted by atomic mass is 16.2. The summed E-state index contributed by atoms with van der Waals surface area (Å²) in [5, 5.41) is 17.0. The third-order valence-electron chi connectivity index (χ3n) is 7.45. The van der Waals surface area contributed by atoms with Crippen LogP contribution in [0, 0.1) is 16.7 Å². The van der Waals surface area contributed by atoms with Crippen LogP contribution in [0.3, 0.4) is 0 Å². The summed E-state index contributed by atoms with van der Waals surface area (Å²) >= 11 is 0. The molecule has 11 nitrogen and oxygen atoms in total. The lowest BCUT2D eigenvalue weighted by Crippen LogP contribution is -2.72. The van der Waals surface area contributed by atoms with Gasteiger partial charge in [0.25, 0.3) is 0 Å². The van der Waals surface area contributed by atoms with Gasteiger partial charge in [0.2, 0.25) is 17.6 Å². The molecule has 5 heterocycles. The average molecular weight is 516 g/mol. The van der Waals surface area contributed by atoms with Gasteiger partial charge < -0.3 is 10.2 Å². The van der Waals surface area contributed by atoms with Gasteiger partial charge in [-0.1, -0.05) is 20.8 Å². The second kappa shape index (κ2) is 9.68. The van der Waals surface area contributed by atoms with Crippen molar-refractivity contribution in [3.8, 4) is 6.07 Å². The number of nitriles is 1. The number of hydrogen-bond donors (Lipinski definition) is 1. The van der Waals surface area contributed by atoms with Gasteiger partial charge in [0.1, 0.15) is 29.2 Å². The van der Waals surface area contributed by atoms with Gasteiger partial charge in [-0.2, -0.15) is 5.26 Å². The molecule has 198 valence electrons. The number of piperazine rings is 1. The first kappa shape index (κ1) is 25.6. The maximum atomic E-state index is 13.5. The zero-order valence-electron chi connectivity index (χ0n) is 22.3. The lowest BCUT2D eigenvalue weighted by atomic mass is 9.82. The molecule has 3 aromatic heterocycles. The van der Waals surface area contributed by atoms with Crippen molar-refractivity contribution in [3.63, 3.8) is 0 Å². The highest BCUT2D eigenvalue weighted by Crippen LogP contribution is 2.35. The Kier molecular flexibility index (Phi) is 6.53. The molecule has 0 saturated carbocycles. The van der Waals surface area contributed by atoms with Crippen LogP contribution in [0.5, 0.6) is 0 Å². The number of nitrogens with zero attached hydrogens (tertiary/aromatic N) is 8. The van der Waals surface area contributed by atoms with Gasteiger partial charge in [0.05, 0.1) is 0 Å². The van der Waals surface area contributed by atoms with E-state index in [1.807, 2.05) is 22.7 Å². The first-order chi connectivity index (χ1) is 18.1. The molecule has 2 aliphatic heterocycles. The minimum absolute atomic E-state index is 0.0622. The standard InChI is InChI=1S/C27H33N9O2/c1-26(2,3)18-36(22-16-20(17-28)31-25-30-11-14-35(22)25)34-12-7-27(8-13-34)24(38)32-21(23(37)33(27)4)15-19-5-9-29-10-6-19/h5-6,9-11,14,16,21H,7-8,12-13,15,18H2,1-4H3,(H,32,38). The molecular formula is C27H33N9O2. The van der Waals surface area contributed by atoms with Crippen LogP contribution in [0.4, 0.5) is 5.82 Å². The number of carbonyl (C=O) groups is 2. The third-order valence-corrected chi connectivity index (χ3v) is 7.45. The molecule has 0 aromatic carbocycles. The average Bonchev–Trinajstić information content (AvgIpc) is 3.38. The fourth-order valence-corrected chi connectivity index (χ4v) is 5.43. The fourth-order valence-electron chi connectivity index (χ4n) is 5.43. The van der Waals surface area contributed by atoms with Gasteiger partial charge >= 0.3 is 0 Å². The Morgan fingerprint density at radius 3 is 2.55 bits per heavy atom. The second-order valence-electron chi connectivity index (χ2n) is 11.3. The van der Waals surface area contributed by atoms with E-state index in [0.29, 0.717) is 50.4 Å². The van der Waals surface area contributed by atoms with Gasteiger partial charge in [-0.15, -0.1) is 0 Å². The third kappa shape index (κ3) is 4.67. The normalized spacial score (nSPS) is 20.0. The Bertz CT molecular complexity index is 1380. The topological polar surface area (TPSA) is 123 Å². The molecule has 3 aromatic rings. The molecule has 0 aliphatic carbocycles. The van der Waals surface area contributed by atoms with Crippen LogP contribution in [0.2, 0.25) is 0 Å². The summed E-state index contributed by atoms with van der Waals surface area (Å²) in [6.45, 7) is 8.29. The fraction of sp³-hybridized carbons (Fsp3) is 0.481. The van der Waals surface area contributed by atoms with Crippen LogP contribution in [-0.4, -0.2) is 79.3 Å². The smallest absolute Gasteiger partial charge is 0.246 e. The number of carbonyl (C=O) groups excluding carboxylic acids is 2. The van der Waals surface area contributed by atoms with E-state index in [4.69, 9.17) is 0 Å². The molecular weight excluding hydrogens is 482 g/mol. The van der Waals surface area contributed by atoms with Crippen molar-refractivity contribution in [3.05, 3.63) is 54.2 Å². The highest BCUT2D eigenvalue weighted by Gasteiger charge is 2.52. The Hall–Kier alpha value is -4.04. The number of rotatable bonds is 5. The second-order valence-corrected chi connectivity index (χ2v) is 11.3. The number of piperidine rings is 1. The van der Waals surface area contributed by atoms with Crippen molar-refractivity contribution in [1.29, 1.82) is 5.26 Å². The predicted octanol–water partition coefficient (Wildman–Crippen LogP) is 1.80. The molecule has 11 heteroatoms. The summed E-state index contributed by atoms with van der Waals surface area (Å²) in [6.07, 6.45) is 8.30. The van der Waals surface area contributed by atoms with E-state index in [1.165, 1.54) is 0 Å². The SMILES string of the molecule is CN1C(=O)C(Cc2ccncc2)NC(=O)C12CCN(N(CC(C)(C)C)c1cc(C#N)nc3nccn13)CC2. The quantitative estimate of drug-likeness (QED) is 0.546. The van der Waals surface area contributed by atoms with Gasteiger partial charge in [-0.25, -0.2) is 15.0 Å². The van der Waals surface area contributed by atoms with E-state index in [2.05, 4.69) is 57.1 Å². The van der Waals surface area contributed by atoms with E-state index in [-0.39, 0.29) is 17.2 Å². The van der Waals surface area contributed by atoms with Crippen LogP contribution in [0.15, 0.2) is 43.0 Å². The van der Waals surface area contributed by atoms with Gasteiger partial charge in [-0.05, 0) is 36.0 Å². The van der Waals surface area contributed by atoms with Crippen molar-refractivity contribution in [2.75, 3.05) is 31.7 Å². The molecule has 1 atom stereocenters. The van der Waals surface area contributed by atoms with Crippen molar-refractivity contribution >= 4 is 23.4 Å². The summed E-state index contributed by atoms with van der Waals surface area (Å²) in [7, 11) is 1.75. The van der Waals surface area contributed by atoms with Gasteiger partial charge in [0, 0.05) is 64.0 Å². The van der Waals surface area contributed by atoms with E-state index < -0.39 is 11.6 Å². The van der Waals surface area contributed by atoms with E-state index in [0.717, 1.165) is 11.4 Å². The maximum Gasteiger partial charge on any atom is 0.246 e. The largest absolute Gasteiger partial charge is 0.342 e. The molecule has 2 amide bonds. The first-order valence-corrected chi connectivity index (χ1v) is 12.9. The molecule has 5 rings (SSSR count). The number of nitrogens with one attached hydrogen (secondary N) is 1. The number of hydrazine groups is 1. The Balaban J connectivity index is 1.39. The van der Waals surface area contributed by atoms with Crippen LogP contribution >= 0.6 is 0 Å². The highest BCUT2D eigenvalue weighted by molar-refractivity contribution is 6.00. The molecule has 2 fully saturated rings. The molecule has 1 unspecified atom stereocenters. The molecule has 2 saturated heterocycles. The predicted molar refractivity (Wildman–Crippen MR) is 141 cm³/mol. The summed E-state index contributed by atoms with van der Waals surface area (Å²) in [6, 6.07) is 7.05. The molecule has 1 N–H and O–H groups in total. The molecule has 38 heavy (non-hydrogen) atoms. The van der Waals surface area contributed by atoms with Crippen LogP contribution in [0.1, 0.15) is 44.9 Å². The number of pyridine rings is 1. The van der Waals surface area contributed by atoms with Crippen LogP contribution in [-0.2, 0) is 16.0 Å². The van der Waals surface area contributed by atoms with Crippen molar-refractivity contribution in [2.24, 2.45) is 5.41 Å². The summed E-state index contributed by atoms with van der Waals surface area (Å²) in [4.78, 5) is 41.2. The summed E-state index contributed by atoms with van der Waals surface area (Å²) < 4.78 is 1.88. The lowest BCUT2D eigenvalue weighted by molar-refractivity contribution is -0.158. The summed E-state index contributed by atoms with van der Waals surface area (Å²) in [5.74, 6) is 1.08. The zero-order chi connectivity index (χ0) is 27.1. The number of imidazole rings is 1. The van der Waals surface area contributed by atoms with Crippen molar-refractivity contribution in [1.82, 2.24) is 34.6 Å². The Labute approximate surface area is 222 Å². The van der Waals surface area contributed by atoms with Gasteiger partial charge in [0.15, 0.2) is 0 Å². The lowest BCUT2D eigenvalue weighted by Gasteiger charge is -2.52. The number of amides is 2. The molecule has 0 radical (unpaired) electrons. The number of anilines is 1. The number of likely N-dealkylation sites (N-methyl/N-ethyl adjacent to an activating group) is 1. The molecule has 2 aliphatic rings. The zero-order valence-corrected chi connectivity index (χ0v) is 22.3. The number of hydrogen-bond acceptors (Lipinski definition) is 8. The maximum absolute atomic E-state index is 13.5. The van der Waals surface area contributed by atoms with Gasteiger partial charge in [-0.3, -0.25) is 24.0 Å². The first-order valence-electron chi connectivity index (χ1n) is 12.9. The minimum Gasteiger partial charge on any atom is -0.342 e. The van der Waals surface area contributed by atoms with Crippen LogP contribution in [0.25, 0.3) is 5.78 Å². The number of aromatic nitrogens is 4. The Morgan fingerprint density at radius 2 is 1.89 bits per heavy atom. The van der Waals surface area contributed by atoms with Crippen molar-refractivity contribution in [2.45, 2.75) is 51.6 Å². The molecule has 0 bridgehead atoms. The van der Waals surface area contributed by atoms with Crippen LogP contribution < -0.4 is 10.3 Å². The van der Waals surface area contributed by atoms with E-state index in [9.17, 15) is 14.9 Å².